The Morgan fingerprint density at radius 2 is 1.83 bits per heavy atom. The van der Waals surface area contributed by atoms with Gasteiger partial charge in [0, 0.05) is 69.4 Å². The number of unbranched alkanes of at least 4 members (excludes halogenated alkanes) is 2. The van der Waals surface area contributed by atoms with E-state index in [4.69, 9.17) is 24.2 Å². The number of para-hydroxylation sites is 1. The molecule has 1 saturated heterocycles. The lowest BCUT2D eigenvalue weighted by Crippen LogP contribution is -2.69. The van der Waals surface area contributed by atoms with Gasteiger partial charge in [-0.2, -0.15) is 4.31 Å². The number of benzene rings is 2. The standard InChI is InChI=1S/C45H60N4O8S/c1-6-26-55-45-40(48(5)58(52,53)39-17-11-14-31-15-12-20-46-43(31)39)30-37(47-57-44(2,3)4)35-28-32(13-7-9-24-50)34(16-8-10-25-51)41(42(35)45)36-29-33(18-19-38(36)56-45)54-27-23-49-21-22-49/h6,11-12,14-15,17-20,28-29,32,34,40-42,50-51H,1,7-10,13,16,21-27,30H2,2-5H3. The molecule has 58 heavy (non-hydrogen) atoms. The minimum Gasteiger partial charge on any atom is -0.492 e. The zero-order valence-corrected chi connectivity index (χ0v) is 35.2. The van der Waals surface area contributed by atoms with Gasteiger partial charge in [0.1, 0.15) is 28.6 Å². The molecule has 13 heteroatoms. The second-order valence-corrected chi connectivity index (χ2v) is 19.0. The van der Waals surface area contributed by atoms with Gasteiger partial charge in [-0.15, -0.1) is 6.58 Å². The molecule has 2 aliphatic carbocycles. The summed E-state index contributed by atoms with van der Waals surface area (Å²) in [7, 11) is -2.63. The number of nitrogens with zero attached hydrogens (tertiary/aromatic N) is 4. The maximum atomic E-state index is 15.1. The second-order valence-electron chi connectivity index (χ2n) is 17.0. The molecule has 6 unspecified atom stereocenters. The number of sulfonamides is 1. The quantitative estimate of drug-likeness (QED) is 0.0582. The molecule has 2 fully saturated rings. The Labute approximate surface area is 343 Å². The Balaban J connectivity index is 1.44. The van der Waals surface area contributed by atoms with E-state index in [9.17, 15) is 10.2 Å². The van der Waals surface area contributed by atoms with Crippen molar-refractivity contribution in [1.29, 1.82) is 0 Å². The number of allylic oxidation sites excluding steroid dienone is 1. The molecule has 12 nitrogen and oxygen atoms in total. The van der Waals surface area contributed by atoms with Crippen molar-refractivity contribution in [3.8, 4) is 11.5 Å². The summed E-state index contributed by atoms with van der Waals surface area (Å²) in [6, 6.07) is 13.9. The molecule has 1 saturated carbocycles. The van der Waals surface area contributed by atoms with Crippen molar-refractivity contribution in [2.75, 3.05) is 53.1 Å². The average molecular weight is 817 g/mol. The highest BCUT2D eigenvalue weighted by atomic mass is 32.2. The first kappa shape index (κ1) is 42.3. The van der Waals surface area contributed by atoms with Crippen LogP contribution in [0.15, 0.2) is 89.1 Å². The van der Waals surface area contributed by atoms with Crippen LogP contribution in [-0.2, 0) is 19.6 Å². The van der Waals surface area contributed by atoms with Gasteiger partial charge in [0.15, 0.2) is 0 Å². The fourth-order valence-corrected chi connectivity index (χ4v) is 10.7. The molecule has 6 atom stereocenters. The normalized spacial score (nSPS) is 26.2. The molecule has 4 aliphatic rings. The highest BCUT2D eigenvalue weighted by molar-refractivity contribution is 7.89. The van der Waals surface area contributed by atoms with Crippen molar-refractivity contribution in [1.82, 2.24) is 14.2 Å². The molecule has 0 radical (unpaired) electrons. The van der Waals surface area contributed by atoms with Gasteiger partial charge in [-0.1, -0.05) is 48.3 Å². The Morgan fingerprint density at radius 1 is 1.07 bits per heavy atom. The summed E-state index contributed by atoms with van der Waals surface area (Å²) in [4.78, 5) is 13.1. The SMILES string of the molecule is C=CCOC12Oc3ccc(OCCN4CC4)cc3C3C(CCCCO)C(CCCCO)C=C(C(=NOC(C)(C)C)CC1N(C)S(=O)(=O)c1cccc4cccnc14)C32. The zero-order valence-electron chi connectivity index (χ0n) is 34.4. The minimum absolute atomic E-state index is 0.0499. The predicted octanol–water partition coefficient (Wildman–Crippen LogP) is 6.68. The molecule has 2 aromatic carbocycles. The molecule has 2 N–H and O–H groups in total. The Bertz CT molecular complexity index is 2090. The maximum absolute atomic E-state index is 15.1. The molecule has 7 rings (SSSR count). The van der Waals surface area contributed by atoms with E-state index < -0.39 is 33.4 Å². The van der Waals surface area contributed by atoms with Gasteiger partial charge >= 0.3 is 0 Å². The van der Waals surface area contributed by atoms with Crippen LogP contribution in [0.25, 0.3) is 10.9 Å². The molecule has 3 aromatic rings. The summed E-state index contributed by atoms with van der Waals surface area (Å²) >= 11 is 0. The largest absolute Gasteiger partial charge is 0.492 e. The number of aromatic nitrogens is 1. The number of hydrogen-bond donors (Lipinski definition) is 2. The summed E-state index contributed by atoms with van der Waals surface area (Å²) in [6.07, 6.45) is 10.3. The average Bonchev–Trinajstić information content (AvgIpc) is 4.04. The van der Waals surface area contributed by atoms with Gasteiger partial charge in [0.2, 0.25) is 15.8 Å². The number of hydrogen-bond acceptors (Lipinski definition) is 11. The van der Waals surface area contributed by atoms with Crippen LogP contribution in [0.5, 0.6) is 11.5 Å². The lowest BCUT2D eigenvalue weighted by atomic mass is 9.55. The number of rotatable bonds is 19. The molecule has 0 amide bonds. The van der Waals surface area contributed by atoms with Crippen molar-refractivity contribution in [2.45, 2.75) is 94.0 Å². The lowest BCUT2D eigenvalue weighted by Gasteiger charge is -2.59. The van der Waals surface area contributed by atoms with Crippen LogP contribution in [0.1, 0.15) is 77.2 Å². The van der Waals surface area contributed by atoms with Gasteiger partial charge in [-0.25, -0.2) is 8.42 Å². The molecule has 1 aromatic heterocycles. The second kappa shape index (κ2) is 17.8. The van der Waals surface area contributed by atoms with Gasteiger partial charge in [0.25, 0.3) is 0 Å². The fraction of sp³-hybridized carbons (Fsp3) is 0.556. The van der Waals surface area contributed by atoms with E-state index in [-0.39, 0.29) is 48.9 Å². The topological polar surface area (TPSA) is 143 Å². The Hall–Kier alpha value is -3.85. The molecular formula is C45H60N4O8S. The number of aliphatic hydroxyl groups excluding tert-OH is 2. The van der Waals surface area contributed by atoms with Crippen LogP contribution in [-0.4, -0.2) is 109 Å². The van der Waals surface area contributed by atoms with E-state index in [0.29, 0.717) is 41.8 Å². The Morgan fingerprint density at radius 3 is 2.55 bits per heavy atom. The fourth-order valence-electron chi connectivity index (χ4n) is 9.18. The van der Waals surface area contributed by atoms with Crippen molar-refractivity contribution < 1.29 is 37.7 Å². The minimum atomic E-state index is -4.23. The molecular weight excluding hydrogens is 757 g/mol. The van der Waals surface area contributed by atoms with Crippen LogP contribution in [0, 0.1) is 17.8 Å². The first-order valence-corrected chi connectivity index (χ1v) is 22.3. The van der Waals surface area contributed by atoms with Crippen LogP contribution in [0.4, 0.5) is 0 Å². The van der Waals surface area contributed by atoms with E-state index in [1.54, 1.807) is 37.5 Å². The summed E-state index contributed by atoms with van der Waals surface area (Å²) < 4.78 is 52.2. The number of oxime groups is 1. The molecule has 3 heterocycles. The Kier molecular flexibility index (Phi) is 13.0. The third kappa shape index (κ3) is 8.71. The van der Waals surface area contributed by atoms with Crippen molar-refractivity contribution >= 4 is 26.6 Å². The van der Waals surface area contributed by atoms with E-state index >= 15 is 8.42 Å². The smallest absolute Gasteiger partial charge is 0.245 e. The van der Waals surface area contributed by atoms with Gasteiger partial charge in [-0.3, -0.25) is 9.88 Å². The van der Waals surface area contributed by atoms with Crippen molar-refractivity contribution in [2.24, 2.45) is 22.9 Å². The van der Waals surface area contributed by atoms with Crippen LogP contribution >= 0.6 is 0 Å². The predicted molar refractivity (Wildman–Crippen MR) is 224 cm³/mol. The third-order valence-corrected chi connectivity index (χ3v) is 13.9. The van der Waals surface area contributed by atoms with Crippen molar-refractivity contribution in [3.63, 3.8) is 0 Å². The van der Waals surface area contributed by atoms with Crippen LogP contribution < -0.4 is 9.47 Å². The van der Waals surface area contributed by atoms with E-state index in [2.05, 4.69) is 28.6 Å². The molecule has 0 bridgehead atoms. The van der Waals surface area contributed by atoms with E-state index in [1.165, 1.54) is 4.31 Å². The van der Waals surface area contributed by atoms with Crippen LogP contribution in [0.3, 0.4) is 0 Å². The molecule has 314 valence electrons. The third-order valence-electron chi connectivity index (χ3n) is 12.0. The first-order valence-electron chi connectivity index (χ1n) is 20.9. The summed E-state index contributed by atoms with van der Waals surface area (Å²) in [5.74, 6) is -0.785. The monoisotopic (exact) mass is 816 g/mol. The highest BCUT2D eigenvalue weighted by Crippen LogP contribution is 2.62. The van der Waals surface area contributed by atoms with Crippen molar-refractivity contribution in [3.05, 3.63) is 84.6 Å². The maximum Gasteiger partial charge on any atom is 0.245 e. The number of ether oxygens (including phenoxy) is 3. The van der Waals surface area contributed by atoms with Gasteiger partial charge in [0.05, 0.1) is 29.8 Å². The zero-order chi connectivity index (χ0) is 41.1. The number of likely N-dealkylation sites (N-methyl/N-ethyl adjacent to an activating group) is 1. The molecule has 2 aliphatic heterocycles. The van der Waals surface area contributed by atoms with E-state index in [0.717, 1.165) is 62.2 Å². The summed E-state index contributed by atoms with van der Waals surface area (Å²) in [6.45, 7) is 13.7. The molecule has 0 spiro atoms. The number of fused-ring (bicyclic) bond motifs is 3. The summed E-state index contributed by atoms with van der Waals surface area (Å²) in [5, 5.41) is 25.4. The lowest BCUT2D eigenvalue weighted by molar-refractivity contribution is -0.250. The summed E-state index contributed by atoms with van der Waals surface area (Å²) in [5.41, 5.74) is 2.29. The van der Waals surface area contributed by atoms with E-state index in [1.807, 2.05) is 45.0 Å². The van der Waals surface area contributed by atoms with Gasteiger partial charge < -0.3 is 29.3 Å². The van der Waals surface area contributed by atoms with Crippen LogP contribution in [0.2, 0.25) is 0 Å². The highest BCUT2D eigenvalue weighted by Gasteiger charge is 2.65. The van der Waals surface area contributed by atoms with Gasteiger partial charge in [-0.05, 0) is 94.2 Å². The number of aliphatic hydroxyl groups is 2. The number of pyridine rings is 1. The first-order chi connectivity index (χ1) is 27.9.